The standard InChI is InChI=1S/C11H19N3O3/c15-10-7-9(11(16)17)8-14(10)6-5-13-3-1-12-2-4-13/h9,12H,1-8H2,(H,16,17). The molecule has 2 heterocycles. The zero-order valence-electron chi connectivity index (χ0n) is 9.89. The molecule has 2 saturated heterocycles. The number of carbonyl (C=O) groups excluding carboxylic acids is 1. The summed E-state index contributed by atoms with van der Waals surface area (Å²) in [7, 11) is 0. The van der Waals surface area contributed by atoms with Crippen molar-refractivity contribution in [2.45, 2.75) is 6.42 Å². The molecule has 0 bridgehead atoms. The van der Waals surface area contributed by atoms with Gasteiger partial charge in [0, 0.05) is 52.2 Å². The van der Waals surface area contributed by atoms with Crippen molar-refractivity contribution in [3.8, 4) is 0 Å². The van der Waals surface area contributed by atoms with Crippen LogP contribution in [0.4, 0.5) is 0 Å². The number of carboxylic acids is 1. The van der Waals surface area contributed by atoms with Gasteiger partial charge in [-0.15, -0.1) is 0 Å². The van der Waals surface area contributed by atoms with Crippen molar-refractivity contribution in [2.75, 3.05) is 45.8 Å². The van der Waals surface area contributed by atoms with Gasteiger partial charge in [-0.3, -0.25) is 14.5 Å². The molecule has 2 aliphatic heterocycles. The normalized spacial score (nSPS) is 26.5. The predicted molar refractivity (Wildman–Crippen MR) is 61.6 cm³/mol. The van der Waals surface area contributed by atoms with E-state index in [-0.39, 0.29) is 12.3 Å². The number of nitrogens with one attached hydrogen (secondary N) is 1. The van der Waals surface area contributed by atoms with Gasteiger partial charge in [0.15, 0.2) is 0 Å². The van der Waals surface area contributed by atoms with Gasteiger partial charge in [-0.1, -0.05) is 0 Å². The molecule has 6 nitrogen and oxygen atoms in total. The Bertz CT molecular complexity index is 302. The number of hydrogen-bond acceptors (Lipinski definition) is 4. The van der Waals surface area contributed by atoms with E-state index in [9.17, 15) is 9.59 Å². The minimum atomic E-state index is -0.858. The zero-order chi connectivity index (χ0) is 12.3. The SMILES string of the molecule is O=C(O)C1CC(=O)N(CCN2CCNCC2)C1. The maximum Gasteiger partial charge on any atom is 0.308 e. The molecule has 1 atom stereocenters. The Balaban J connectivity index is 1.75. The summed E-state index contributed by atoms with van der Waals surface area (Å²) < 4.78 is 0. The molecule has 2 rings (SSSR count). The predicted octanol–water partition coefficient (Wildman–Crippen LogP) is -1.18. The fourth-order valence-corrected chi connectivity index (χ4v) is 2.35. The van der Waals surface area contributed by atoms with E-state index in [2.05, 4.69) is 10.2 Å². The number of amides is 1. The molecule has 2 aliphatic rings. The van der Waals surface area contributed by atoms with E-state index >= 15 is 0 Å². The van der Waals surface area contributed by atoms with Gasteiger partial charge in [-0.2, -0.15) is 0 Å². The molecular weight excluding hydrogens is 222 g/mol. The van der Waals surface area contributed by atoms with Gasteiger partial charge in [-0.25, -0.2) is 0 Å². The smallest absolute Gasteiger partial charge is 0.308 e. The summed E-state index contributed by atoms with van der Waals surface area (Å²) in [4.78, 5) is 26.4. The molecule has 0 aromatic carbocycles. The van der Waals surface area contributed by atoms with Crippen LogP contribution in [0.3, 0.4) is 0 Å². The highest BCUT2D eigenvalue weighted by atomic mass is 16.4. The van der Waals surface area contributed by atoms with Gasteiger partial charge in [0.05, 0.1) is 5.92 Å². The van der Waals surface area contributed by atoms with E-state index in [1.54, 1.807) is 4.90 Å². The first kappa shape index (κ1) is 12.3. The van der Waals surface area contributed by atoms with Crippen LogP contribution in [-0.2, 0) is 9.59 Å². The van der Waals surface area contributed by atoms with E-state index in [0.29, 0.717) is 13.1 Å². The van der Waals surface area contributed by atoms with Crippen LogP contribution in [-0.4, -0.2) is 72.6 Å². The Morgan fingerprint density at radius 3 is 2.65 bits per heavy atom. The molecular formula is C11H19N3O3. The summed E-state index contributed by atoms with van der Waals surface area (Å²) in [5.74, 6) is -1.39. The van der Waals surface area contributed by atoms with Crippen LogP contribution in [0.5, 0.6) is 0 Å². The molecule has 2 fully saturated rings. The van der Waals surface area contributed by atoms with Crippen LogP contribution < -0.4 is 5.32 Å². The third-order valence-corrected chi connectivity index (χ3v) is 3.46. The molecule has 0 radical (unpaired) electrons. The van der Waals surface area contributed by atoms with Gasteiger partial charge in [-0.05, 0) is 0 Å². The molecule has 0 aliphatic carbocycles. The number of nitrogens with zero attached hydrogens (tertiary/aromatic N) is 2. The van der Waals surface area contributed by atoms with Crippen molar-refractivity contribution < 1.29 is 14.7 Å². The highest BCUT2D eigenvalue weighted by Crippen LogP contribution is 2.17. The van der Waals surface area contributed by atoms with Gasteiger partial charge in [0.25, 0.3) is 0 Å². The average molecular weight is 241 g/mol. The van der Waals surface area contributed by atoms with E-state index in [1.807, 2.05) is 0 Å². The van der Waals surface area contributed by atoms with Crippen molar-refractivity contribution in [2.24, 2.45) is 5.92 Å². The Kier molecular flexibility index (Phi) is 3.96. The van der Waals surface area contributed by atoms with E-state index < -0.39 is 11.9 Å². The monoisotopic (exact) mass is 241 g/mol. The van der Waals surface area contributed by atoms with Gasteiger partial charge in [0.2, 0.25) is 5.91 Å². The van der Waals surface area contributed by atoms with Crippen LogP contribution in [0.2, 0.25) is 0 Å². The van der Waals surface area contributed by atoms with Crippen LogP contribution in [0, 0.1) is 5.92 Å². The Hall–Kier alpha value is -1.14. The van der Waals surface area contributed by atoms with E-state index in [4.69, 9.17) is 5.11 Å². The molecule has 2 N–H and O–H groups in total. The molecule has 6 heteroatoms. The number of carbonyl (C=O) groups is 2. The largest absolute Gasteiger partial charge is 0.481 e. The van der Waals surface area contributed by atoms with Crippen molar-refractivity contribution in [3.63, 3.8) is 0 Å². The average Bonchev–Trinajstić information content (AvgIpc) is 2.70. The van der Waals surface area contributed by atoms with Gasteiger partial charge >= 0.3 is 5.97 Å². The molecule has 0 spiro atoms. The highest BCUT2D eigenvalue weighted by Gasteiger charge is 2.34. The Labute approximate surface area is 101 Å². The van der Waals surface area contributed by atoms with Crippen LogP contribution >= 0.6 is 0 Å². The van der Waals surface area contributed by atoms with Crippen molar-refractivity contribution in [1.82, 2.24) is 15.1 Å². The lowest BCUT2D eigenvalue weighted by Gasteiger charge is -2.29. The van der Waals surface area contributed by atoms with Crippen LogP contribution in [0.15, 0.2) is 0 Å². The lowest BCUT2D eigenvalue weighted by molar-refractivity contribution is -0.141. The van der Waals surface area contributed by atoms with E-state index in [1.165, 1.54) is 0 Å². The first-order chi connectivity index (χ1) is 8.16. The summed E-state index contributed by atoms with van der Waals surface area (Å²) in [6.07, 6.45) is 0.164. The molecule has 1 unspecified atom stereocenters. The number of aliphatic carboxylic acids is 1. The molecule has 0 aromatic heterocycles. The fraction of sp³-hybridized carbons (Fsp3) is 0.818. The molecule has 17 heavy (non-hydrogen) atoms. The minimum Gasteiger partial charge on any atom is -0.481 e. The van der Waals surface area contributed by atoms with Gasteiger partial charge < -0.3 is 15.3 Å². The Morgan fingerprint density at radius 1 is 1.35 bits per heavy atom. The number of hydrogen-bond donors (Lipinski definition) is 2. The summed E-state index contributed by atoms with van der Waals surface area (Å²) >= 11 is 0. The molecule has 1 amide bonds. The second-order valence-corrected chi connectivity index (χ2v) is 4.67. The molecule has 96 valence electrons. The number of rotatable bonds is 4. The second kappa shape index (κ2) is 5.46. The summed E-state index contributed by atoms with van der Waals surface area (Å²) in [5.41, 5.74) is 0. The maximum absolute atomic E-state index is 11.6. The lowest BCUT2D eigenvalue weighted by atomic mass is 10.1. The maximum atomic E-state index is 11.6. The third-order valence-electron chi connectivity index (χ3n) is 3.46. The topological polar surface area (TPSA) is 72.9 Å². The quantitative estimate of drug-likeness (QED) is 0.648. The number of carboxylic acid groups (broad SMARTS) is 1. The van der Waals surface area contributed by atoms with Crippen LogP contribution in [0.25, 0.3) is 0 Å². The molecule has 0 aromatic rings. The van der Waals surface area contributed by atoms with Crippen molar-refractivity contribution in [1.29, 1.82) is 0 Å². The molecule has 0 saturated carbocycles. The van der Waals surface area contributed by atoms with E-state index in [0.717, 1.165) is 32.7 Å². The minimum absolute atomic E-state index is 0.0208. The summed E-state index contributed by atoms with van der Waals surface area (Å²) in [6, 6.07) is 0. The van der Waals surface area contributed by atoms with Crippen LogP contribution in [0.1, 0.15) is 6.42 Å². The number of piperazine rings is 1. The summed E-state index contributed by atoms with van der Waals surface area (Å²) in [6.45, 7) is 5.87. The first-order valence-electron chi connectivity index (χ1n) is 6.10. The summed E-state index contributed by atoms with van der Waals surface area (Å²) in [5, 5.41) is 12.1. The number of likely N-dealkylation sites (tertiary alicyclic amines) is 1. The third kappa shape index (κ3) is 3.17. The lowest BCUT2D eigenvalue weighted by Crippen LogP contribution is -2.46. The second-order valence-electron chi connectivity index (χ2n) is 4.67. The zero-order valence-corrected chi connectivity index (χ0v) is 9.89. The first-order valence-corrected chi connectivity index (χ1v) is 6.10. The van der Waals surface area contributed by atoms with Crippen molar-refractivity contribution in [3.05, 3.63) is 0 Å². The van der Waals surface area contributed by atoms with Gasteiger partial charge in [0.1, 0.15) is 0 Å². The Morgan fingerprint density at radius 2 is 2.06 bits per heavy atom. The highest BCUT2D eigenvalue weighted by molar-refractivity contribution is 5.86. The van der Waals surface area contributed by atoms with Crippen molar-refractivity contribution >= 4 is 11.9 Å². The fourth-order valence-electron chi connectivity index (χ4n) is 2.35.